The molecule has 3 aromatic carbocycles. The average Bonchev–Trinajstić information content (AvgIpc) is 2.90. The summed E-state index contributed by atoms with van der Waals surface area (Å²) < 4.78 is 0. The Kier molecular flexibility index (Phi) is 4.16. The Morgan fingerprint density at radius 1 is 0.778 bits per heavy atom. The summed E-state index contributed by atoms with van der Waals surface area (Å²) >= 11 is 0. The van der Waals surface area contributed by atoms with E-state index < -0.39 is 5.60 Å². The van der Waals surface area contributed by atoms with E-state index in [-0.39, 0.29) is 0 Å². The van der Waals surface area contributed by atoms with Crippen molar-refractivity contribution in [1.29, 1.82) is 0 Å². The summed E-state index contributed by atoms with van der Waals surface area (Å²) in [5.74, 6) is 0. The molecule has 4 rings (SSSR count). The summed E-state index contributed by atoms with van der Waals surface area (Å²) in [6.07, 6.45) is 0. The van der Waals surface area contributed by atoms with Gasteiger partial charge < -0.3 is 10.0 Å². The van der Waals surface area contributed by atoms with Crippen molar-refractivity contribution < 1.29 is 5.11 Å². The van der Waals surface area contributed by atoms with Gasteiger partial charge in [-0.3, -0.25) is 0 Å². The van der Waals surface area contributed by atoms with E-state index in [0.717, 1.165) is 39.1 Å². The zero-order valence-electron chi connectivity index (χ0n) is 16.3. The third-order valence-electron chi connectivity index (χ3n) is 5.47. The number of fused-ring (bicyclic) bond motifs is 1. The van der Waals surface area contributed by atoms with Gasteiger partial charge in [-0.05, 0) is 53.8 Å². The van der Waals surface area contributed by atoms with Crippen LogP contribution in [-0.4, -0.2) is 19.2 Å². The van der Waals surface area contributed by atoms with Crippen molar-refractivity contribution in [3.05, 3.63) is 101 Å². The minimum atomic E-state index is -1.03. The van der Waals surface area contributed by atoms with Crippen LogP contribution in [0.2, 0.25) is 0 Å². The predicted octanol–water partition coefficient (Wildman–Crippen LogP) is 5.24. The smallest absolute Gasteiger partial charge is 0.114 e. The van der Waals surface area contributed by atoms with E-state index >= 15 is 0 Å². The zero-order chi connectivity index (χ0) is 19.2. The second-order valence-electron chi connectivity index (χ2n) is 7.68. The van der Waals surface area contributed by atoms with Crippen LogP contribution in [0, 0.1) is 6.92 Å². The van der Waals surface area contributed by atoms with Gasteiger partial charge in [0.15, 0.2) is 0 Å². The van der Waals surface area contributed by atoms with Crippen LogP contribution in [0.25, 0.3) is 11.1 Å². The first-order valence-corrected chi connectivity index (χ1v) is 9.31. The summed E-state index contributed by atoms with van der Waals surface area (Å²) in [4.78, 5) is 2.08. The Hall–Kier alpha value is -2.84. The normalized spacial score (nSPS) is 18.6. The van der Waals surface area contributed by atoms with Crippen molar-refractivity contribution in [2.45, 2.75) is 19.4 Å². The molecule has 0 heterocycles. The summed E-state index contributed by atoms with van der Waals surface area (Å²) in [7, 11) is 4.07. The number of nitrogens with zero attached hydrogens (tertiary/aromatic N) is 1. The van der Waals surface area contributed by atoms with Gasteiger partial charge in [-0.2, -0.15) is 0 Å². The van der Waals surface area contributed by atoms with Crippen LogP contribution in [0.15, 0.2) is 72.8 Å². The first-order chi connectivity index (χ1) is 12.9. The van der Waals surface area contributed by atoms with Gasteiger partial charge in [-0.25, -0.2) is 0 Å². The van der Waals surface area contributed by atoms with E-state index in [2.05, 4.69) is 66.4 Å². The highest BCUT2D eigenvalue weighted by Gasteiger charge is 2.40. The van der Waals surface area contributed by atoms with E-state index in [9.17, 15) is 5.11 Å². The number of hydrogen-bond acceptors (Lipinski definition) is 2. The lowest BCUT2D eigenvalue weighted by atomic mass is 9.87. The lowest BCUT2D eigenvalue weighted by Crippen LogP contribution is -2.20. The maximum Gasteiger partial charge on any atom is 0.114 e. The molecule has 0 saturated heterocycles. The number of rotatable bonds is 3. The fourth-order valence-corrected chi connectivity index (χ4v) is 4.01. The van der Waals surface area contributed by atoms with Crippen molar-refractivity contribution in [2.24, 2.45) is 0 Å². The molecule has 0 aliphatic heterocycles. The molecule has 3 aromatic rings. The third kappa shape index (κ3) is 2.87. The van der Waals surface area contributed by atoms with Crippen LogP contribution in [0.1, 0.15) is 34.7 Å². The molecule has 0 saturated carbocycles. The Labute approximate surface area is 161 Å². The second-order valence-corrected chi connectivity index (χ2v) is 7.68. The minimum Gasteiger partial charge on any atom is -0.381 e. The summed E-state index contributed by atoms with van der Waals surface area (Å²) in [5.41, 5.74) is 7.70. The number of anilines is 1. The first-order valence-electron chi connectivity index (χ1n) is 9.31. The topological polar surface area (TPSA) is 23.5 Å². The Bertz CT molecular complexity index is 1010. The molecule has 0 amide bonds. The standard InChI is InChI=1S/C25H25NO/c1-17-9-11-18(12-10-17)23-21-7-5-6-8-22(21)25(2,27)24(23)19-13-15-20(16-14-19)26(3)4/h5-16,27H,1-4H3. The summed E-state index contributed by atoms with van der Waals surface area (Å²) in [5, 5.41) is 11.6. The zero-order valence-corrected chi connectivity index (χ0v) is 16.3. The highest BCUT2D eigenvalue weighted by Crippen LogP contribution is 2.51. The predicted molar refractivity (Wildman–Crippen MR) is 114 cm³/mol. The molecule has 1 aliphatic carbocycles. The lowest BCUT2D eigenvalue weighted by Gasteiger charge is -2.24. The minimum absolute atomic E-state index is 0.965. The van der Waals surface area contributed by atoms with Crippen LogP contribution in [0.4, 0.5) is 5.69 Å². The van der Waals surface area contributed by atoms with Gasteiger partial charge in [0.1, 0.15) is 5.60 Å². The molecule has 2 nitrogen and oxygen atoms in total. The van der Waals surface area contributed by atoms with E-state index in [4.69, 9.17) is 0 Å². The molecule has 0 bridgehead atoms. The maximum atomic E-state index is 11.6. The number of hydrogen-bond donors (Lipinski definition) is 1. The van der Waals surface area contributed by atoms with Crippen molar-refractivity contribution in [3.8, 4) is 0 Å². The Balaban J connectivity index is 1.98. The fourth-order valence-electron chi connectivity index (χ4n) is 4.01. The molecule has 2 heteroatoms. The number of benzene rings is 3. The van der Waals surface area contributed by atoms with E-state index in [1.54, 1.807) is 0 Å². The monoisotopic (exact) mass is 355 g/mol. The first kappa shape index (κ1) is 17.6. The van der Waals surface area contributed by atoms with Crippen molar-refractivity contribution in [2.75, 3.05) is 19.0 Å². The molecule has 0 fully saturated rings. The average molecular weight is 355 g/mol. The van der Waals surface area contributed by atoms with Crippen molar-refractivity contribution >= 4 is 16.8 Å². The van der Waals surface area contributed by atoms with Gasteiger partial charge in [0.2, 0.25) is 0 Å². The van der Waals surface area contributed by atoms with Gasteiger partial charge in [0.25, 0.3) is 0 Å². The molecule has 0 aromatic heterocycles. The maximum absolute atomic E-state index is 11.6. The third-order valence-corrected chi connectivity index (χ3v) is 5.47. The van der Waals surface area contributed by atoms with Gasteiger partial charge in [0, 0.05) is 25.4 Å². The van der Waals surface area contributed by atoms with Crippen LogP contribution >= 0.6 is 0 Å². The van der Waals surface area contributed by atoms with Crippen molar-refractivity contribution in [1.82, 2.24) is 0 Å². The summed E-state index contributed by atoms with van der Waals surface area (Å²) in [6, 6.07) is 25.2. The van der Waals surface area contributed by atoms with Crippen molar-refractivity contribution in [3.63, 3.8) is 0 Å². The van der Waals surface area contributed by atoms with Gasteiger partial charge in [-0.15, -0.1) is 0 Å². The van der Waals surface area contributed by atoms with E-state index in [1.807, 2.05) is 39.2 Å². The molecule has 0 spiro atoms. The quantitative estimate of drug-likeness (QED) is 0.694. The second kappa shape index (κ2) is 6.40. The molecule has 1 aliphatic rings. The highest BCUT2D eigenvalue weighted by atomic mass is 16.3. The van der Waals surface area contributed by atoms with Crippen LogP contribution in [0.5, 0.6) is 0 Å². The lowest BCUT2D eigenvalue weighted by molar-refractivity contribution is 0.125. The highest BCUT2D eigenvalue weighted by molar-refractivity contribution is 6.06. The van der Waals surface area contributed by atoms with Gasteiger partial charge in [0.05, 0.1) is 0 Å². The molecule has 1 N–H and O–H groups in total. The van der Waals surface area contributed by atoms with Crippen LogP contribution in [-0.2, 0) is 5.60 Å². The largest absolute Gasteiger partial charge is 0.381 e. The molecule has 27 heavy (non-hydrogen) atoms. The Morgan fingerprint density at radius 2 is 1.37 bits per heavy atom. The van der Waals surface area contributed by atoms with Gasteiger partial charge >= 0.3 is 0 Å². The molecule has 1 unspecified atom stereocenters. The van der Waals surface area contributed by atoms with Gasteiger partial charge in [-0.1, -0.05) is 66.2 Å². The molecule has 1 atom stereocenters. The van der Waals surface area contributed by atoms with Crippen LogP contribution < -0.4 is 4.90 Å². The molecule has 136 valence electrons. The fraction of sp³-hybridized carbons (Fsp3) is 0.200. The van der Waals surface area contributed by atoms with E-state index in [1.165, 1.54) is 5.56 Å². The summed E-state index contributed by atoms with van der Waals surface area (Å²) in [6.45, 7) is 4.00. The van der Waals surface area contributed by atoms with E-state index in [0.29, 0.717) is 0 Å². The SMILES string of the molecule is Cc1ccc(C2=C(c3ccc(N(C)C)cc3)C(C)(O)c3ccccc32)cc1. The number of aryl methyl sites for hydroxylation is 1. The molecular weight excluding hydrogens is 330 g/mol. The Morgan fingerprint density at radius 3 is 2.00 bits per heavy atom. The molecular formula is C25H25NO. The van der Waals surface area contributed by atoms with Crippen LogP contribution in [0.3, 0.4) is 0 Å². The number of aliphatic hydroxyl groups is 1. The molecule has 0 radical (unpaired) electrons.